The minimum absolute atomic E-state index is 0.364. The quantitative estimate of drug-likeness (QED) is 0.699. The zero-order valence-electron chi connectivity index (χ0n) is 7.37. The van der Waals surface area contributed by atoms with Crippen molar-refractivity contribution in [2.24, 2.45) is 0 Å². The number of imidazole rings is 1. The number of nitrogens with one attached hydrogen (secondary N) is 1. The van der Waals surface area contributed by atoms with Crippen LogP contribution in [0.25, 0.3) is 11.0 Å². The van der Waals surface area contributed by atoms with Gasteiger partial charge in [-0.25, -0.2) is 9.78 Å². The molecule has 1 aromatic carbocycles. The standard InChI is InChI=1S/C9H7FN2O2/c1-14-8(13)5-2-3-6-7(4-5)12-9(10)11-6/h2-4H,1H3,(H,11,12). The van der Waals surface area contributed by atoms with Gasteiger partial charge in [0, 0.05) is 0 Å². The number of nitrogens with zero attached hydrogens (tertiary/aromatic N) is 1. The molecule has 0 aliphatic carbocycles. The second-order valence-electron chi connectivity index (χ2n) is 2.75. The van der Waals surface area contributed by atoms with Gasteiger partial charge in [0.1, 0.15) is 0 Å². The molecule has 0 unspecified atom stereocenters. The summed E-state index contributed by atoms with van der Waals surface area (Å²) in [5.41, 5.74) is 1.32. The first kappa shape index (κ1) is 8.68. The van der Waals surface area contributed by atoms with Crippen molar-refractivity contribution in [2.45, 2.75) is 0 Å². The number of methoxy groups -OCH3 is 1. The highest BCUT2D eigenvalue weighted by molar-refractivity contribution is 5.93. The summed E-state index contributed by atoms with van der Waals surface area (Å²) in [7, 11) is 1.29. The molecule has 5 heteroatoms. The summed E-state index contributed by atoms with van der Waals surface area (Å²) in [5.74, 6) is -0.457. The van der Waals surface area contributed by atoms with Crippen molar-refractivity contribution in [1.29, 1.82) is 0 Å². The summed E-state index contributed by atoms with van der Waals surface area (Å²) in [6, 6.07) is 4.59. The van der Waals surface area contributed by atoms with Gasteiger partial charge in [0.2, 0.25) is 0 Å². The molecule has 1 N–H and O–H groups in total. The fourth-order valence-corrected chi connectivity index (χ4v) is 1.22. The molecule has 0 bridgehead atoms. The SMILES string of the molecule is COC(=O)c1ccc2nc(F)[nH]c2c1. The van der Waals surface area contributed by atoms with Crippen LogP contribution in [0.15, 0.2) is 18.2 Å². The van der Waals surface area contributed by atoms with E-state index in [1.807, 2.05) is 0 Å². The summed E-state index contributed by atoms with van der Waals surface area (Å²) in [5, 5.41) is 0. The molecule has 0 spiro atoms. The molecule has 0 saturated carbocycles. The number of aromatic nitrogens is 2. The lowest BCUT2D eigenvalue weighted by molar-refractivity contribution is 0.0601. The molecular formula is C9H7FN2O2. The number of hydrogen-bond donors (Lipinski definition) is 1. The zero-order chi connectivity index (χ0) is 10.1. The van der Waals surface area contributed by atoms with E-state index in [2.05, 4.69) is 14.7 Å². The van der Waals surface area contributed by atoms with Crippen LogP contribution in [-0.2, 0) is 4.74 Å². The topological polar surface area (TPSA) is 55.0 Å². The van der Waals surface area contributed by atoms with Crippen LogP contribution in [0.2, 0.25) is 0 Å². The molecule has 0 aliphatic rings. The maximum Gasteiger partial charge on any atom is 0.337 e. The van der Waals surface area contributed by atoms with Crippen LogP contribution in [0.5, 0.6) is 0 Å². The number of ether oxygens (including phenoxy) is 1. The van der Waals surface area contributed by atoms with E-state index in [4.69, 9.17) is 0 Å². The van der Waals surface area contributed by atoms with Crippen molar-refractivity contribution < 1.29 is 13.9 Å². The smallest absolute Gasteiger partial charge is 0.337 e. The van der Waals surface area contributed by atoms with Crippen molar-refractivity contribution in [3.63, 3.8) is 0 Å². The van der Waals surface area contributed by atoms with Crippen LogP contribution in [-0.4, -0.2) is 23.0 Å². The Bertz CT molecular complexity index is 493. The van der Waals surface area contributed by atoms with E-state index in [1.54, 1.807) is 6.07 Å². The number of H-pyrrole nitrogens is 1. The molecular weight excluding hydrogens is 187 g/mol. The van der Waals surface area contributed by atoms with Crippen LogP contribution in [0.1, 0.15) is 10.4 Å². The minimum Gasteiger partial charge on any atom is -0.465 e. The highest BCUT2D eigenvalue weighted by atomic mass is 19.1. The lowest BCUT2D eigenvalue weighted by Crippen LogP contribution is -2.00. The number of fused-ring (bicyclic) bond motifs is 1. The van der Waals surface area contributed by atoms with Crippen molar-refractivity contribution in [1.82, 2.24) is 9.97 Å². The number of carbonyl (C=O) groups is 1. The van der Waals surface area contributed by atoms with E-state index < -0.39 is 12.0 Å². The lowest BCUT2D eigenvalue weighted by atomic mass is 10.2. The maximum atomic E-state index is 12.7. The fraction of sp³-hybridized carbons (Fsp3) is 0.111. The lowest BCUT2D eigenvalue weighted by Gasteiger charge is -1.97. The van der Waals surface area contributed by atoms with E-state index in [0.717, 1.165) is 0 Å². The maximum absolute atomic E-state index is 12.7. The Morgan fingerprint density at radius 1 is 1.57 bits per heavy atom. The third kappa shape index (κ3) is 1.32. The Hall–Kier alpha value is -1.91. The van der Waals surface area contributed by atoms with E-state index in [9.17, 15) is 9.18 Å². The molecule has 2 rings (SSSR count). The Balaban J connectivity index is 2.55. The van der Waals surface area contributed by atoms with Crippen LogP contribution in [0, 0.1) is 6.08 Å². The number of benzene rings is 1. The Morgan fingerprint density at radius 3 is 3.07 bits per heavy atom. The molecule has 14 heavy (non-hydrogen) atoms. The van der Waals surface area contributed by atoms with Crippen molar-refractivity contribution >= 4 is 17.0 Å². The monoisotopic (exact) mass is 194 g/mol. The average molecular weight is 194 g/mol. The fourth-order valence-electron chi connectivity index (χ4n) is 1.22. The summed E-state index contributed by atoms with van der Waals surface area (Å²) in [6.07, 6.45) is -0.665. The number of esters is 1. The molecule has 1 heterocycles. The third-order valence-corrected chi connectivity index (χ3v) is 1.87. The highest BCUT2D eigenvalue weighted by Gasteiger charge is 2.08. The molecule has 2 aromatic rings. The minimum atomic E-state index is -0.665. The molecule has 4 nitrogen and oxygen atoms in total. The molecule has 0 amide bonds. The van der Waals surface area contributed by atoms with Gasteiger partial charge >= 0.3 is 5.97 Å². The predicted octanol–water partition coefficient (Wildman–Crippen LogP) is 1.49. The number of rotatable bonds is 1. The first-order chi connectivity index (χ1) is 6.70. The molecule has 1 aromatic heterocycles. The predicted molar refractivity (Wildman–Crippen MR) is 47.4 cm³/mol. The normalized spacial score (nSPS) is 10.4. The average Bonchev–Trinajstić information content (AvgIpc) is 2.55. The largest absolute Gasteiger partial charge is 0.465 e. The van der Waals surface area contributed by atoms with Gasteiger partial charge in [0.05, 0.1) is 23.7 Å². The second-order valence-corrected chi connectivity index (χ2v) is 2.75. The van der Waals surface area contributed by atoms with E-state index >= 15 is 0 Å². The Morgan fingerprint density at radius 2 is 2.36 bits per heavy atom. The zero-order valence-corrected chi connectivity index (χ0v) is 7.37. The molecule has 0 fully saturated rings. The van der Waals surface area contributed by atoms with E-state index in [0.29, 0.717) is 16.6 Å². The van der Waals surface area contributed by atoms with Gasteiger partial charge in [-0.1, -0.05) is 0 Å². The van der Waals surface area contributed by atoms with Crippen LogP contribution < -0.4 is 0 Å². The molecule has 0 saturated heterocycles. The van der Waals surface area contributed by atoms with Crippen molar-refractivity contribution in [3.8, 4) is 0 Å². The van der Waals surface area contributed by atoms with E-state index in [-0.39, 0.29) is 0 Å². The number of carbonyl (C=O) groups excluding carboxylic acids is 1. The summed E-state index contributed by atoms with van der Waals surface area (Å²) < 4.78 is 17.2. The second kappa shape index (κ2) is 3.10. The Kier molecular flexibility index (Phi) is 1.92. The van der Waals surface area contributed by atoms with Crippen LogP contribution in [0.3, 0.4) is 0 Å². The summed E-state index contributed by atoms with van der Waals surface area (Å²) in [4.78, 5) is 17.1. The Labute approximate surface area is 78.7 Å². The van der Waals surface area contributed by atoms with Gasteiger partial charge < -0.3 is 9.72 Å². The molecule has 0 aliphatic heterocycles. The molecule has 0 radical (unpaired) electrons. The van der Waals surface area contributed by atoms with Gasteiger partial charge in [-0.3, -0.25) is 0 Å². The van der Waals surface area contributed by atoms with Gasteiger partial charge in [0.15, 0.2) is 0 Å². The van der Waals surface area contributed by atoms with Crippen LogP contribution in [0.4, 0.5) is 4.39 Å². The number of halogens is 1. The first-order valence-electron chi connectivity index (χ1n) is 3.94. The molecule has 0 atom stereocenters. The highest BCUT2D eigenvalue weighted by Crippen LogP contribution is 2.13. The van der Waals surface area contributed by atoms with Gasteiger partial charge in [-0.05, 0) is 18.2 Å². The summed E-state index contributed by atoms with van der Waals surface area (Å²) >= 11 is 0. The van der Waals surface area contributed by atoms with Crippen LogP contribution >= 0.6 is 0 Å². The van der Waals surface area contributed by atoms with Gasteiger partial charge in [-0.15, -0.1) is 0 Å². The van der Waals surface area contributed by atoms with E-state index in [1.165, 1.54) is 19.2 Å². The summed E-state index contributed by atoms with van der Waals surface area (Å²) in [6.45, 7) is 0. The first-order valence-corrected chi connectivity index (χ1v) is 3.94. The van der Waals surface area contributed by atoms with Gasteiger partial charge in [0.25, 0.3) is 6.08 Å². The number of aromatic amines is 1. The van der Waals surface area contributed by atoms with Crippen molar-refractivity contribution in [3.05, 3.63) is 29.8 Å². The number of hydrogen-bond acceptors (Lipinski definition) is 3. The molecule has 72 valence electrons. The third-order valence-electron chi connectivity index (χ3n) is 1.87. The van der Waals surface area contributed by atoms with Crippen molar-refractivity contribution in [2.75, 3.05) is 7.11 Å². The van der Waals surface area contributed by atoms with Gasteiger partial charge in [-0.2, -0.15) is 4.39 Å².